The molecule has 2 fully saturated rings. The molecule has 3 heterocycles. The summed E-state index contributed by atoms with van der Waals surface area (Å²) in [6, 6.07) is 0. The molecule has 8 nitrogen and oxygen atoms in total. The minimum atomic E-state index is -0.512. The highest BCUT2D eigenvalue weighted by molar-refractivity contribution is 7.16. The first-order valence-corrected chi connectivity index (χ1v) is 8.51. The Balaban J connectivity index is 1.72. The molecule has 1 aromatic heterocycles. The van der Waals surface area contributed by atoms with Gasteiger partial charge in [0.05, 0.1) is 19.8 Å². The van der Waals surface area contributed by atoms with Gasteiger partial charge in [0.1, 0.15) is 6.67 Å². The quantitative estimate of drug-likeness (QED) is 0.609. The van der Waals surface area contributed by atoms with E-state index in [2.05, 4.69) is 27.3 Å². The molecule has 2 aliphatic rings. The number of likely N-dealkylation sites (N-methyl/N-ethyl adjacent to an activating group) is 1. The molecule has 0 spiro atoms. The zero-order valence-electron chi connectivity index (χ0n) is 13.0. The molecule has 0 saturated carbocycles. The van der Waals surface area contributed by atoms with E-state index in [9.17, 15) is 5.21 Å². The number of aromatic nitrogens is 2. The van der Waals surface area contributed by atoms with E-state index >= 15 is 0 Å². The summed E-state index contributed by atoms with van der Waals surface area (Å²) in [4.78, 5) is 2.13. The van der Waals surface area contributed by atoms with Gasteiger partial charge >= 0.3 is 5.13 Å². The molecule has 3 atom stereocenters. The Morgan fingerprint density at radius 3 is 3.05 bits per heavy atom. The second-order valence-electron chi connectivity index (χ2n) is 5.72. The zero-order chi connectivity index (χ0) is 15.6. The van der Waals surface area contributed by atoms with Gasteiger partial charge < -0.3 is 14.7 Å². The van der Waals surface area contributed by atoms with Crippen LogP contribution in [-0.4, -0.2) is 67.4 Å². The second-order valence-corrected chi connectivity index (χ2v) is 6.64. The predicted octanol–water partition coefficient (Wildman–Crippen LogP) is 0.739. The largest absolute Gasteiger partial charge is 0.623 e. The number of hydroxylamine groups is 2. The highest BCUT2D eigenvalue weighted by Gasteiger charge is 2.43. The lowest BCUT2D eigenvalue weighted by molar-refractivity contribution is 0.103. The summed E-state index contributed by atoms with van der Waals surface area (Å²) in [6.45, 7) is 5.53. The van der Waals surface area contributed by atoms with Crippen LogP contribution in [0.4, 0.5) is 5.13 Å². The number of hydrogen-bond donors (Lipinski definition) is 1. The summed E-state index contributed by atoms with van der Waals surface area (Å²) < 4.78 is 10.2. The number of ether oxygens (including phenoxy) is 2. The number of hydrogen-bond acceptors (Lipinski definition) is 8. The first-order valence-electron chi connectivity index (χ1n) is 7.70. The molecule has 0 radical (unpaired) electrons. The van der Waals surface area contributed by atoms with Crippen molar-refractivity contribution in [2.24, 2.45) is 0 Å². The van der Waals surface area contributed by atoms with E-state index in [0.717, 1.165) is 26.0 Å². The maximum Gasteiger partial charge on any atom is 0.312 e. The lowest BCUT2D eigenvalue weighted by atomic mass is 10.2. The van der Waals surface area contributed by atoms with Crippen molar-refractivity contribution in [1.29, 1.82) is 0 Å². The third-order valence-electron chi connectivity index (χ3n) is 4.29. The van der Waals surface area contributed by atoms with Gasteiger partial charge in [0.25, 0.3) is 5.19 Å². The molecule has 2 aliphatic heterocycles. The van der Waals surface area contributed by atoms with E-state index in [0.29, 0.717) is 30.1 Å². The van der Waals surface area contributed by atoms with Crippen LogP contribution in [-0.2, 0) is 4.74 Å². The third kappa shape index (κ3) is 3.10. The Hall–Kier alpha value is -0.840. The summed E-state index contributed by atoms with van der Waals surface area (Å²) in [5.74, 6) is 0. The van der Waals surface area contributed by atoms with Crippen molar-refractivity contribution in [2.45, 2.75) is 32.0 Å². The summed E-state index contributed by atoms with van der Waals surface area (Å²) in [7, 11) is 1.54. The van der Waals surface area contributed by atoms with Gasteiger partial charge in [-0.25, -0.2) is 4.90 Å². The van der Waals surface area contributed by atoms with E-state index in [1.807, 2.05) is 0 Å². The fraction of sp³-hybridized carbons (Fsp3) is 0.846. The smallest absolute Gasteiger partial charge is 0.312 e. The van der Waals surface area contributed by atoms with Crippen molar-refractivity contribution >= 4 is 16.5 Å². The zero-order valence-corrected chi connectivity index (χ0v) is 13.8. The molecule has 9 heteroatoms. The van der Waals surface area contributed by atoms with E-state index in [4.69, 9.17) is 9.47 Å². The lowest BCUT2D eigenvalue weighted by Crippen LogP contribution is -2.57. The SMILES string of the molecule is CCN1CC(NCC2CCCO2)[N+]([O-])(c2nnc(OC)s2)C1. The van der Waals surface area contributed by atoms with Gasteiger partial charge in [-0.1, -0.05) is 17.1 Å². The van der Waals surface area contributed by atoms with Gasteiger partial charge in [-0.2, -0.15) is 0 Å². The molecule has 0 amide bonds. The summed E-state index contributed by atoms with van der Waals surface area (Å²) in [5.41, 5.74) is 0. The highest BCUT2D eigenvalue weighted by Crippen LogP contribution is 2.35. The Labute approximate surface area is 134 Å². The molecule has 0 aromatic carbocycles. The lowest BCUT2D eigenvalue weighted by Gasteiger charge is -2.39. The summed E-state index contributed by atoms with van der Waals surface area (Å²) in [5, 5.41) is 25.6. The number of rotatable bonds is 6. The van der Waals surface area contributed by atoms with Crippen LogP contribution in [0.25, 0.3) is 0 Å². The van der Waals surface area contributed by atoms with Gasteiger partial charge in [-0.05, 0) is 12.8 Å². The average Bonchev–Trinajstić information content (AvgIpc) is 3.25. The van der Waals surface area contributed by atoms with Gasteiger partial charge in [0.2, 0.25) is 0 Å². The van der Waals surface area contributed by atoms with Crippen LogP contribution in [0.5, 0.6) is 5.19 Å². The topological polar surface area (TPSA) is 82.6 Å². The Morgan fingerprint density at radius 2 is 2.41 bits per heavy atom. The van der Waals surface area contributed by atoms with Gasteiger partial charge in [0.15, 0.2) is 6.17 Å². The Kier molecular flexibility index (Phi) is 4.91. The van der Waals surface area contributed by atoms with E-state index in [-0.39, 0.29) is 12.3 Å². The highest BCUT2D eigenvalue weighted by atomic mass is 32.1. The van der Waals surface area contributed by atoms with Crippen molar-refractivity contribution in [3.05, 3.63) is 5.21 Å². The minimum absolute atomic E-state index is 0.216. The van der Waals surface area contributed by atoms with Crippen LogP contribution >= 0.6 is 11.3 Å². The van der Waals surface area contributed by atoms with Crippen LogP contribution in [0.3, 0.4) is 0 Å². The third-order valence-corrected chi connectivity index (χ3v) is 5.29. The van der Waals surface area contributed by atoms with Gasteiger partial charge in [0, 0.05) is 31.0 Å². The molecule has 0 bridgehead atoms. The normalized spacial score (nSPS) is 32.7. The van der Waals surface area contributed by atoms with Crippen LogP contribution in [0.2, 0.25) is 0 Å². The standard InChI is InChI=1S/C13H23N5O3S/c1-3-17-8-11(14-7-10-5-4-6-21-10)18(19,9-17)12-15-16-13(20-2)22-12/h10-11,14H,3-9H2,1-2H3. The minimum Gasteiger partial charge on any atom is -0.623 e. The number of nitrogens with one attached hydrogen (secondary N) is 1. The predicted molar refractivity (Wildman–Crippen MR) is 84.5 cm³/mol. The number of quaternary nitrogens is 1. The molecular weight excluding hydrogens is 306 g/mol. The molecular formula is C13H23N5O3S. The van der Waals surface area contributed by atoms with Crippen LogP contribution < -0.4 is 14.7 Å². The molecule has 124 valence electrons. The maximum atomic E-state index is 13.4. The van der Waals surface area contributed by atoms with Crippen LogP contribution in [0, 0.1) is 5.21 Å². The van der Waals surface area contributed by atoms with Gasteiger partial charge in [-0.15, -0.1) is 0 Å². The van der Waals surface area contributed by atoms with E-state index in [1.54, 1.807) is 0 Å². The Bertz CT molecular complexity index is 496. The fourth-order valence-electron chi connectivity index (χ4n) is 2.98. The van der Waals surface area contributed by atoms with Crippen molar-refractivity contribution < 1.29 is 9.47 Å². The van der Waals surface area contributed by atoms with Crippen molar-refractivity contribution in [2.75, 3.05) is 40.0 Å². The van der Waals surface area contributed by atoms with Crippen molar-refractivity contribution in [3.8, 4) is 5.19 Å². The second kappa shape index (κ2) is 6.73. The van der Waals surface area contributed by atoms with Gasteiger partial charge in [-0.3, -0.25) is 9.96 Å². The molecule has 1 N–H and O–H groups in total. The molecule has 1 aromatic rings. The molecule has 3 unspecified atom stereocenters. The maximum absolute atomic E-state index is 13.4. The van der Waals surface area contributed by atoms with Crippen LogP contribution in [0.1, 0.15) is 19.8 Å². The Morgan fingerprint density at radius 1 is 1.55 bits per heavy atom. The molecule has 22 heavy (non-hydrogen) atoms. The van der Waals surface area contributed by atoms with Crippen molar-refractivity contribution in [1.82, 2.24) is 25.1 Å². The summed E-state index contributed by atoms with van der Waals surface area (Å²) in [6.07, 6.45) is 2.13. The first kappa shape index (κ1) is 16.0. The molecule has 3 rings (SSSR count). The molecule has 2 saturated heterocycles. The van der Waals surface area contributed by atoms with E-state index in [1.165, 1.54) is 18.4 Å². The number of nitrogens with zero attached hydrogens (tertiary/aromatic N) is 4. The fourth-order valence-corrected chi connectivity index (χ4v) is 3.72. The average molecular weight is 329 g/mol. The number of methoxy groups -OCH3 is 1. The molecule has 0 aliphatic carbocycles. The first-order chi connectivity index (χ1) is 10.7. The van der Waals surface area contributed by atoms with E-state index < -0.39 is 4.65 Å². The monoisotopic (exact) mass is 329 g/mol. The van der Waals surface area contributed by atoms with Crippen molar-refractivity contribution in [3.63, 3.8) is 0 Å². The van der Waals surface area contributed by atoms with Crippen LogP contribution in [0.15, 0.2) is 0 Å². The summed E-state index contributed by atoms with van der Waals surface area (Å²) >= 11 is 1.22.